The molecule has 0 atom stereocenters. The summed E-state index contributed by atoms with van der Waals surface area (Å²) in [5.74, 6) is 4.43. The number of hydrogen-bond donors (Lipinski definition) is 0. The number of ether oxygens (including phenoxy) is 7. The van der Waals surface area contributed by atoms with E-state index in [-0.39, 0.29) is 24.8 Å². The predicted octanol–water partition coefficient (Wildman–Crippen LogP) is 8.99. The molecule has 2 heterocycles. The van der Waals surface area contributed by atoms with Gasteiger partial charge in [0.15, 0.2) is 23.0 Å². The van der Waals surface area contributed by atoms with Crippen molar-refractivity contribution in [3.8, 4) is 62.6 Å². The van der Waals surface area contributed by atoms with Gasteiger partial charge in [-0.1, -0.05) is 24.3 Å². The molecule has 1 aliphatic rings. The van der Waals surface area contributed by atoms with Crippen molar-refractivity contribution in [2.75, 3.05) is 67.8 Å². The monoisotopic (exact) mass is 791 g/mol. The molecule has 12 heteroatoms. The van der Waals surface area contributed by atoms with Gasteiger partial charge in [-0.25, -0.2) is 0 Å². The van der Waals surface area contributed by atoms with Gasteiger partial charge in [0.25, 0.3) is 0 Å². The van der Waals surface area contributed by atoms with Crippen molar-refractivity contribution in [2.45, 2.75) is 32.0 Å². The lowest BCUT2D eigenvalue weighted by molar-refractivity contribution is 0.201. The van der Waals surface area contributed by atoms with Crippen LogP contribution in [-0.2, 0) is 13.1 Å². The van der Waals surface area contributed by atoms with Crippen molar-refractivity contribution < 1.29 is 33.2 Å². The Kier molecular flexibility index (Phi) is 15.6. The Bertz CT molecular complexity index is 1960. The van der Waals surface area contributed by atoms with E-state index in [0.717, 1.165) is 71.9 Å². The van der Waals surface area contributed by atoms with Crippen LogP contribution in [0.2, 0.25) is 0 Å². The summed E-state index contributed by atoms with van der Waals surface area (Å²) in [4.78, 5) is 9.78. The SMILES string of the molecule is COc1cccc(N(Cc2ccnc(-c3cc(OC)c(OC)c(OC)c3)c2)C2CCN(Cc3cccc(-c4cc(OC)c(OC)c(OC)c4)c3)CC2)c1.Cl.Cl. The van der Waals surface area contributed by atoms with Crippen molar-refractivity contribution in [1.29, 1.82) is 0 Å². The van der Waals surface area contributed by atoms with Gasteiger partial charge in [-0.15, -0.1) is 24.8 Å². The van der Waals surface area contributed by atoms with Crippen LogP contribution in [-0.4, -0.2) is 78.8 Å². The summed E-state index contributed by atoms with van der Waals surface area (Å²) in [7, 11) is 11.5. The quantitative estimate of drug-likeness (QED) is 0.103. The molecule has 55 heavy (non-hydrogen) atoms. The third-order valence-electron chi connectivity index (χ3n) is 9.85. The fourth-order valence-electron chi connectivity index (χ4n) is 7.12. The fraction of sp³-hybridized carbons (Fsp3) is 0.326. The van der Waals surface area contributed by atoms with E-state index in [2.05, 4.69) is 64.4 Å². The first-order chi connectivity index (χ1) is 25.9. The first-order valence-corrected chi connectivity index (χ1v) is 17.7. The van der Waals surface area contributed by atoms with Crippen molar-refractivity contribution in [3.05, 3.63) is 102 Å². The van der Waals surface area contributed by atoms with Gasteiger partial charge in [0.2, 0.25) is 11.5 Å². The number of rotatable bonds is 15. The molecule has 0 unspecified atom stereocenters. The van der Waals surface area contributed by atoms with E-state index in [0.29, 0.717) is 47.1 Å². The Balaban J connectivity index is 0.00000336. The van der Waals surface area contributed by atoms with Crippen molar-refractivity contribution in [2.24, 2.45) is 0 Å². The average Bonchev–Trinajstić information content (AvgIpc) is 3.22. The van der Waals surface area contributed by atoms with E-state index in [1.165, 1.54) is 5.56 Å². The largest absolute Gasteiger partial charge is 0.497 e. The zero-order valence-corrected chi connectivity index (χ0v) is 34.1. The Morgan fingerprint density at radius 1 is 0.582 bits per heavy atom. The van der Waals surface area contributed by atoms with Crippen LogP contribution in [0.25, 0.3) is 22.4 Å². The number of pyridine rings is 1. The number of aromatic nitrogens is 1. The van der Waals surface area contributed by atoms with Crippen molar-refractivity contribution >= 4 is 30.5 Å². The predicted molar refractivity (Wildman–Crippen MR) is 223 cm³/mol. The third kappa shape index (κ3) is 9.80. The molecular weight excluding hydrogens is 741 g/mol. The number of methoxy groups -OCH3 is 7. The lowest BCUT2D eigenvalue weighted by Gasteiger charge is -2.40. The van der Waals surface area contributed by atoms with Crippen LogP contribution < -0.4 is 38.1 Å². The second-order valence-corrected chi connectivity index (χ2v) is 12.9. The molecule has 0 radical (unpaired) electrons. The van der Waals surface area contributed by atoms with Gasteiger partial charge in [-0.2, -0.15) is 0 Å². The molecule has 10 nitrogen and oxygen atoms in total. The zero-order chi connectivity index (χ0) is 37.3. The molecular formula is C43H51Cl2N3O7. The number of hydrogen-bond acceptors (Lipinski definition) is 10. The highest BCUT2D eigenvalue weighted by Crippen LogP contribution is 2.42. The smallest absolute Gasteiger partial charge is 0.203 e. The van der Waals surface area contributed by atoms with Gasteiger partial charge < -0.3 is 38.1 Å². The summed E-state index contributed by atoms with van der Waals surface area (Å²) < 4.78 is 39.2. The first-order valence-electron chi connectivity index (χ1n) is 17.7. The van der Waals surface area contributed by atoms with Gasteiger partial charge in [-0.3, -0.25) is 9.88 Å². The Morgan fingerprint density at radius 3 is 1.73 bits per heavy atom. The molecule has 0 saturated carbocycles. The summed E-state index contributed by atoms with van der Waals surface area (Å²) in [5.41, 5.74) is 7.37. The van der Waals surface area contributed by atoms with Crippen LogP contribution >= 0.6 is 24.8 Å². The number of piperidine rings is 1. The summed E-state index contributed by atoms with van der Waals surface area (Å²) in [6.07, 6.45) is 3.91. The maximum absolute atomic E-state index is 5.65. The van der Waals surface area contributed by atoms with Crippen LogP contribution in [0.1, 0.15) is 24.0 Å². The van der Waals surface area contributed by atoms with Crippen molar-refractivity contribution in [3.63, 3.8) is 0 Å². The second kappa shape index (κ2) is 20.0. The molecule has 4 aromatic carbocycles. The van der Waals surface area contributed by atoms with Gasteiger partial charge in [0, 0.05) is 55.7 Å². The molecule has 0 spiro atoms. The molecule has 294 valence electrons. The maximum Gasteiger partial charge on any atom is 0.203 e. The fourth-order valence-corrected chi connectivity index (χ4v) is 7.12. The molecule has 0 aliphatic carbocycles. The van der Waals surface area contributed by atoms with Gasteiger partial charge in [0.05, 0.1) is 55.5 Å². The molecule has 6 rings (SSSR count). The van der Waals surface area contributed by atoms with Crippen LogP contribution in [0.5, 0.6) is 40.2 Å². The van der Waals surface area contributed by atoms with Crippen LogP contribution in [0.4, 0.5) is 5.69 Å². The van der Waals surface area contributed by atoms with Crippen LogP contribution in [0.3, 0.4) is 0 Å². The van der Waals surface area contributed by atoms with Crippen LogP contribution in [0.15, 0.2) is 91.1 Å². The number of anilines is 1. The molecule has 1 saturated heterocycles. The Morgan fingerprint density at radius 2 is 1.16 bits per heavy atom. The highest BCUT2D eigenvalue weighted by atomic mass is 35.5. The minimum Gasteiger partial charge on any atom is -0.497 e. The highest BCUT2D eigenvalue weighted by Gasteiger charge is 2.26. The van der Waals surface area contributed by atoms with Crippen LogP contribution in [0, 0.1) is 0 Å². The molecule has 1 fully saturated rings. The highest BCUT2D eigenvalue weighted by molar-refractivity contribution is 5.85. The standard InChI is InChI=1S/C43H49N3O7.2ClH/c1-47-36-13-9-12-35(26-36)46(28-30-14-17-44-37(21-30)33-24-40(50-4)43(53-7)41(25-33)51-5)34-15-18-45(19-16-34)27-29-10-8-11-31(20-29)32-22-38(48-2)42(52-6)39(23-32)49-3;;/h8-14,17,20-26,34H,15-16,18-19,27-28H2,1-7H3;2*1H. The Hall–Kier alpha value is -5.03. The Labute approximate surface area is 337 Å². The van der Waals surface area contributed by atoms with E-state index >= 15 is 0 Å². The summed E-state index contributed by atoms with van der Waals surface area (Å²) in [6.45, 7) is 3.54. The number of nitrogens with zero attached hydrogens (tertiary/aromatic N) is 3. The lowest BCUT2D eigenvalue weighted by Crippen LogP contribution is -2.44. The van der Waals surface area contributed by atoms with Crippen molar-refractivity contribution in [1.82, 2.24) is 9.88 Å². The zero-order valence-electron chi connectivity index (χ0n) is 32.5. The normalized spacial score (nSPS) is 12.8. The van der Waals surface area contributed by atoms with Gasteiger partial charge in [-0.05, 0) is 89.7 Å². The number of benzene rings is 4. The summed E-state index contributed by atoms with van der Waals surface area (Å²) in [6, 6.07) is 29.5. The average molecular weight is 793 g/mol. The maximum atomic E-state index is 5.65. The number of likely N-dealkylation sites (tertiary alicyclic amines) is 1. The van der Waals surface area contributed by atoms with Gasteiger partial charge >= 0.3 is 0 Å². The first kappa shape index (κ1) is 42.7. The second-order valence-electron chi connectivity index (χ2n) is 12.9. The van der Waals surface area contributed by atoms with E-state index in [4.69, 9.17) is 38.1 Å². The number of halogens is 2. The molecule has 0 amide bonds. The van der Waals surface area contributed by atoms with Gasteiger partial charge in [0.1, 0.15) is 5.75 Å². The lowest BCUT2D eigenvalue weighted by atomic mass is 9.99. The minimum absolute atomic E-state index is 0. The molecule has 1 aliphatic heterocycles. The molecule has 0 bridgehead atoms. The molecule has 1 aromatic heterocycles. The van der Waals surface area contributed by atoms with E-state index in [1.54, 1.807) is 49.8 Å². The van der Waals surface area contributed by atoms with E-state index < -0.39 is 0 Å². The summed E-state index contributed by atoms with van der Waals surface area (Å²) >= 11 is 0. The van der Waals surface area contributed by atoms with E-state index in [1.807, 2.05) is 36.5 Å². The third-order valence-corrected chi connectivity index (χ3v) is 9.85. The van der Waals surface area contributed by atoms with E-state index in [9.17, 15) is 0 Å². The topological polar surface area (TPSA) is 84.0 Å². The molecule has 5 aromatic rings. The minimum atomic E-state index is 0. The molecule has 0 N–H and O–H groups in total. The summed E-state index contributed by atoms with van der Waals surface area (Å²) in [5, 5.41) is 0.